The van der Waals surface area contributed by atoms with Gasteiger partial charge in [-0.3, -0.25) is 9.59 Å². The predicted octanol–water partition coefficient (Wildman–Crippen LogP) is -0.280. The van der Waals surface area contributed by atoms with Crippen molar-refractivity contribution in [2.45, 2.75) is 38.3 Å². The molecule has 1 atom stereocenters. The van der Waals surface area contributed by atoms with E-state index in [0.717, 1.165) is 0 Å². The van der Waals surface area contributed by atoms with Crippen LogP contribution in [0.2, 0.25) is 0 Å². The number of carboxylic acids is 1. The number of carbonyl (C=O) groups excluding carboxylic acids is 1. The van der Waals surface area contributed by atoms with Gasteiger partial charge in [-0.1, -0.05) is 0 Å². The summed E-state index contributed by atoms with van der Waals surface area (Å²) in [6.07, 6.45) is -0.327. The molecule has 0 aliphatic carbocycles. The van der Waals surface area contributed by atoms with Crippen LogP contribution in [0.5, 0.6) is 0 Å². The van der Waals surface area contributed by atoms with Gasteiger partial charge in [0.2, 0.25) is 0 Å². The van der Waals surface area contributed by atoms with E-state index in [-0.39, 0.29) is 18.9 Å². The highest BCUT2D eigenvalue weighted by molar-refractivity contribution is 5.81. The molecule has 0 rings (SSSR count). The van der Waals surface area contributed by atoms with E-state index in [1.165, 1.54) is 7.11 Å². The first-order chi connectivity index (χ1) is 7.32. The van der Waals surface area contributed by atoms with E-state index in [1.807, 2.05) is 0 Å². The fourth-order valence-corrected chi connectivity index (χ4v) is 1.21. The maximum absolute atomic E-state index is 11.6. The molecule has 0 fully saturated rings. The molecule has 16 heavy (non-hydrogen) atoms. The number of rotatable bonds is 7. The van der Waals surface area contributed by atoms with E-state index in [0.29, 0.717) is 6.42 Å². The minimum absolute atomic E-state index is 0.00749. The van der Waals surface area contributed by atoms with Crippen LogP contribution in [0.3, 0.4) is 0 Å². The van der Waals surface area contributed by atoms with E-state index in [4.69, 9.17) is 15.6 Å². The normalized spacial score (nSPS) is 13.2. The van der Waals surface area contributed by atoms with E-state index < -0.39 is 17.6 Å². The van der Waals surface area contributed by atoms with Crippen LogP contribution in [-0.2, 0) is 14.3 Å². The van der Waals surface area contributed by atoms with Crippen molar-refractivity contribution in [2.75, 3.05) is 13.7 Å². The third-order valence-corrected chi connectivity index (χ3v) is 2.22. The van der Waals surface area contributed by atoms with Gasteiger partial charge in [-0.05, 0) is 20.3 Å². The first-order valence-corrected chi connectivity index (χ1v) is 5.09. The van der Waals surface area contributed by atoms with Crippen LogP contribution in [-0.4, -0.2) is 42.3 Å². The molecule has 1 unspecified atom stereocenters. The number of nitrogens with two attached hydrogens (primary N) is 1. The number of amides is 1. The molecule has 6 nitrogen and oxygen atoms in total. The van der Waals surface area contributed by atoms with Gasteiger partial charge in [0, 0.05) is 25.6 Å². The number of ether oxygens (including phenoxy) is 1. The van der Waals surface area contributed by atoms with Gasteiger partial charge in [0.05, 0.1) is 0 Å². The lowest BCUT2D eigenvalue weighted by atomic mass is 9.98. The molecule has 0 aliphatic rings. The van der Waals surface area contributed by atoms with Gasteiger partial charge in [-0.2, -0.15) is 0 Å². The van der Waals surface area contributed by atoms with Crippen LogP contribution in [0.15, 0.2) is 0 Å². The van der Waals surface area contributed by atoms with Gasteiger partial charge in [-0.15, -0.1) is 0 Å². The predicted molar refractivity (Wildman–Crippen MR) is 58.9 cm³/mol. The van der Waals surface area contributed by atoms with Crippen molar-refractivity contribution in [3.8, 4) is 0 Å². The Morgan fingerprint density at radius 3 is 2.44 bits per heavy atom. The number of carboxylic acid groups (broad SMARTS) is 1. The van der Waals surface area contributed by atoms with Gasteiger partial charge in [0.1, 0.15) is 6.10 Å². The maximum atomic E-state index is 11.6. The highest BCUT2D eigenvalue weighted by Crippen LogP contribution is 2.11. The molecular weight excluding hydrogens is 212 g/mol. The molecule has 0 bridgehead atoms. The molecule has 0 spiro atoms. The zero-order chi connectivity index (χ0) is 12.8. The lowest BCUT2D eigenvalue weighted by Gasteiger charge is -2.27. The molecule has 1 amide bonds. The standard InChI is InChI=1S/C10H20N2O4/c1-10(2,5-4-8(13)14)12-9(15)7(6-11)16-3/h7H,4-6,11H2,1-3H3,(H,12,15)(H,13,14). The highest BCUT2D eigenvalue weighted by atomic mass is 16.5. The summed E-state index contributed by atoms with van der Waals surface area (Å²) in [5, 5.41) is 11.3. The molecular formula is C10H20N2O4. The van der Waals surface area contributed by atoms with Gasteiger partial charge in [-0.25, -0.2) is 0 Å². The fourth-order valence-electron chi connectivity index (χ4n) is 1.21. The first-order valence-electron chi connectivity index (χ1n) is 5.09. The van der Waals surface area contributed by atoms with Crippen LogP contribution in [0.25, 0.3) is 0 Å². The molecule has 0 aromatic rings. The van der Waals surface area contributed by atoms with Crippen LogP contribution in [0.4, 0.5) is 0 Å². The van der Waals surface area contributed by atoms with Crippen LogP contribution in [0, 0.1) is 0 Å². The Balaban J connectivity index is 4.23. The fraction of sp³-hybridized carbons (Fsp3) is 0.800. The first kappa shape index (κ1) is 14.9. The van der Waals surface area contributed by atoms with E-state index in [1.54, 1.807) is 13.8 Å². The minimum Gasteiger partial charge on any atom is -0.481 e. The zero-order valence-electron chi connectivity index (χ0n) is 9.95. The highest BCUT2D eigenvalue weighted by Gasteiger charge is 2.25. The molecule has 0 heterocycles. The molecule has 0 radical (unpaired) electrons. The van der Waals surface area contributed by atoms with Gasteiger partial charge in [0.15, 0.2) is 0 Å². The molecule has 4 N–H and O–H groups in total. The second kappa shape index (κ2) is 6.44. The van der Waals surface area contributed by atoms with Crippen molar-refractivity contribution in [1.82, 2.24) is 5.32 Å². The summed E-state index contributed by atoms with van der Waals surface area (Å²) in [4.78, 5) is 22.0. The van der Waals surface area contributed by atoms with E-state index >= 15 is 0 Å². The zero-order valence-corrected chi connectivity index (χ0v) is 9.95. The molecule has 94 valence electrons. The molecule has 0 saturated carbocycles. The Morgan fingerprint density at radius 2 is 2.06 bits per heavy atom. The van der Waals surface area contributed by atoms with E-state index in [9.17, 15) is 9.59 Å². The largest absolute Gasteiger partial charge is 0.481 e. The molecule has 0 aromatic carbocycles. The third kappa shape index (κ3) is 5.67. The number of methoxy groups -OCH3 is 1. The van der Waals surface area contributed by atoms with Crippen LogP contribution >= 0.6 is 0 Å². The van der Waals surface area contributed by atoms with Crippen molar-refractivity contribution in [3.05, 3.63) is 0 Å². The SMILES string of the molecule is COC(CN)C(=O)NC(C)(C)CCC(=O)O. The average molecular weight is 232 g/mol. The summed E-state index contributed by atoms with van der Waals surface area (Å²) in [5.74, 6) is -1.20. The van der Waals surface area contributed by atoms with Gasteiger partial charge < -0.3 is 20.9 Å². The number of aliphatic carboxylic acids is 1. The van der Waals surface area contributed by atoms with Crippen molar-refractivity contribution >= 4 is 11.9 Å². The molecule has 0 saturated heterocycles. The molecule has 0 aliphatic heterocycles. The summed E-state index contributed by atoms with van der Waals surface area (Å²) in [6.45, 7) is 3.62. The van der Waals surface area contributed by atoms with Gasteiger partial charge in [0.25, 0.3) is 5.91 Å². The lowest BCUT2D eigenvalue weighted by molar-refractivity contribution is -0.138. The second-order valence-electron chi connectivity index (χ2n) is 4.23. The topological polar surface area (TPSA) is 102 Å². The van der Waals surface area contributed by atoms with Crippen molar-refractivity contribution in [2.24, 2.45) is 5.73 Å². The smallest absolute Gasteiger partial charge is 0.303 e. The lowest BCUT2D eigenvalue weighted by Crippen LogP contribution is -2.50. The summed E-state index contributed by atoms with van der Waals surface area (Å²) < 4.78 is 4.88. The van der Waals surface area contributed by atoms with Gasteiger partial charge >= 0.3 is 5.97 Å². The quantitative estimate of drug-likeness (QED) is 0.560. The maximum Gasteiger partial charge on any atom is 0.303 e. The monoisotopic (exact) mass is 232 g/mol. The number of hydrogen-bond donors (Lipinski definition) is 3. The Morgan fingerprint density at radius 1 is 1.50 bits per heavy atom. The summed E-state index contributed by atoms with van der Waals surface area (Å²) >= 11 is 0. The van der Waals surface area contributed by atoms with Crippen molar-refractivity contribution in [1.29, 1.82) is 0 Å². The molecule has 0 aromatic heterocycles. The Bertz CT molecular complexity index is 249. The number of nitrogens with one attached hydrogen (secondary N) is 1. The summed E-state index contributed by atoms with van der Waals surface area (Å²) in [5.41, 5.74) is 4.76. The van der Waals surface area contributed by atoms with Crippen molar-refractivity contribution in [3.63, 3.8) is 0 Å². The summed E-state index contributed by atoms with van der Waals surface area (Å²) in [7, 11) is 1.40. The minimum atomic E-state index is -0.885. The Labute approximate surface area is 95.1 Å². The Kier molecular flexibility index (Phi) is 5.98. The molecule has 6 heteroatoms. The summed E-state index contributed by atoms with van der Waals surface area (Å²) in [6, 6.07) is 0. The Hall–Kier alpha value is -1.14. The van der Waals surface area contributed by atoms with Crippen molar-refractivity contribution < 1.29 is 19.4 Å². The van der Waals surface area contributed by atoms with Crippen LogP contribution < -0.4 is 11.1 Å². The second-order valence-corrected chi connectivity index (χ2v) is 4.23. The van der Waals surface area contributed by atoms with Crippen LogP contribution in [0.1, 0.15) is 26.7 Å². The number of carbonyl (C=O) groups is 2. The van der Waals surface area contributed by atoms with E-state index in [2.05, 4.69) is 5.32 Å². The number of hydrogen-bond acceptors (Lipinski definition) is 4. The average Bonchev–Trinajstić information content (AvgIpc) is 2.16. The third-order valence-electron chi connectivity index (χ3n) is 2.22.